The Morgan fingerprint density at radius 2 is 2.26 bits per heavy atom. The number of rotatable bonds is 5. The lowest BCUT2D eigenvalue weighted by molar-refractivity contribution is -0.141. The van der Waals surface area contributed by atoms with E-state index in [1.807, 2.05) is 0 Å². The second-order valence-electron chi connectivity index (χ2n) is 4.72. The molecule has 1 heterocycles. The molecule has 122 valence electrons. The van der Waals surface area contributed by atoms with Gasteiger partial charge >= 0.3 is 5.97 Å². The van der Waals surface area contributed by atoms with Gasteiger partial charge in [-0.15, -0.1) is 0 Å². The molecule has 1 N–H and O–H groups in total. The molecule has 0 unspecified atom stereocenters. The van der Waals surface area contributed by atoms with Crippen LogP contribution in [0.25, 0.3) is 6.08 Å². The summed E-state index contributed by atoms with van der Waals surface area (Å²) in [6, 6.07) is 4.98. The van der Waals surface area contributed by atoms with E-state index in [-0.39, 0.29) is 24.0 Å². The minimum absolute atomic E-state index is 0.137. The van der Waals surface area contributed by atoms with Crippen molar-refractivity contribution >= 4 is 62.2 Å². The van der Waals surface area contributed by atoms with Crippen LogP contribution in [0.15, 0.2) is 27.6 Å². The number of nitrogens with zero attached hydrogens (tertiary/aromatic N) is 1. The van der Waals surface area contributed by atoms with Crippen LogP contribution in [0.5, 0.6) is 5.75 Å². The number of halogens is 1. The van der Waals surface area contributed by atoms with Gasteiger partial charge in [-0.2, -0.15) is 0 Å². The summed E-state index contributed by atoms with van der Waals surface area (Å²) < 4.78 is 5.60. The van der Waals surface area contributed by atoms with Crippen LogP contribution in [-0.2, 0) is 14.3 Å². The standard InChI is InChI=1S/C15H14BrNO4S2/c1-21-13(19)3-2-6-17-14(20)12(23-15(17)22)8-9-4-5-11(18)10(16)7-9/h4-5,7-8,18H,2-3,6H2,1H3/b12-8+. The van der Waals surface area contributed by atoms with Crippen LogP contribution in [0, 0.1) is 0 Å². The SMILES string of the molecule is COC(=O)CCCN1C(=O)/C(=C\c2ccc(O)c(Br)c2)SC1=S. The molecule has 0 saturated carbocycles. The first kappa shape index (κ1) is 18.0. The summed E-state index contributed by atoms with van der Waals surface area (Å²) in [7, 11) is 1.33. The van der Waals surface area contributed by atoms with Crippen molar-refractivity contribution in [3.8, 4) is 5.75 Å². The fourth-order valence-corrected chi connectivity index (χ4v) is 3.65. The zero-order valence-corrected chi connectivity index (χ0v) is 15.5. The number of phenols is 1. The summed E-state index contributed by atoms with van der Waals surface area (Å²) in [5, 5.41) is 9.50. The van der Waals surface area contributed by atoms with E-state index in [1.54, 1.807) is 24.3 Å². The maximum atomic E-state index is 12.4. The Labute approximate surface area is 151 Å². The van der Waals surface area contributed by atoms with Gasteiger partial charge in [-0.3, -0.25) is 14.5 Å². The van der Waals surface area contributed by atoms with Gasteiger partial charge in [0.2, 0.25) is 0 Å². The number of carbonyl (C=O) groups excluding carboxylic acids is 2. The number of ether oxygens (including phenoxy) is 1. The number of hydrogen-bond acceptors (Lipinski definition) is 6. The monoisotopic (exact) mass is 415 g/mol. The van der Waals surface area contributed by atoms with Gasteiger partial charge in [0.15, 0.2) is 0 Å². The van der Waals surface area contributed by atoms with Gasteiger partial charge in [0.1, 0.15) is 10.1 Å². The van der Waals surface area contributed by atoms with Crippen molar-refractivity contribution in [1.82, 2.24) is 4.90 Å². The minimum Gasteiger partial charge on any atom is -0.507 e. The van der Waals surface area contributed by atoms with Crippen LogP contribution in [0.3, 0.4) is 0 Å². The van der Waals surface area contributed by atoms with Crippen LogP contribution in [0.2, 0.25) is 0 Å². The third kappa shape index (κ3) is 4.55. The molecule has 1 aromatic rings. The van der Waals surface area contributed by atoms with Gasteiger partial charge in [-0.05, 0) is 46.1 Å². The number of carbonyl (C=O) groups is 2. The van der Waals surface area contributed by atoms with E-state index in [0.717, 1.165) is 5.56 Å². The van der Waals surface area contributed by atoms with E-state index >= 15 is 0 Å². The van der Waals surface area contributed by atoms with Gasteiger partial charge < -0.3 is 9.84 Å². The van der Waals surface area contributed by atoms with Gasteiger partial charge in [0.05, 0.1) is 16.5 Å². The average Bonchev–Trinajstić information content (AvgIpc) is 2.78. The fourth-order valence-electron chi connectivity index (χ4n) is 1.94. The molecule has 1 fully saturated rings. The summed E-state index contributed by atoms with van der Waals surface area (Å²) in [5.41, 5.74) is 0.782. The van der Waals surface area contributed by atoms with Crippen LogP contribution in [0.4, 0.5) is 0 Å². The molecule has 1 aliphatic heterocycles. The quantitative estimate of drug-likeness (QED) is 0.452. The molecule has 1 saturated heterocycles. The number of thiocarbonyl (C=S) groups is 1. The topological polar surface area (TPSA) is 66.8 Å². The Morgan fingerprint density at radius 3 is 2.91 bits per heavy atom. The molecular weight excluding hydrogens is 402 g/mol. The van der Waals surface area contributed by atoms with Crippen LogP contribution in [0.1, 0.15) is 18.4 Å². The Hall–Kier alpha value is -1.38. The van der Waals surface area contributed by atoms with Crippen molar-refractivity contribution in [2.75, 3.05) is 13.7 Å². The first-order valence-electron chi connectivity index (χ1n) is 6.73. The fraction of sp³-hybridized carbons (Fsp3) is 0.267. The predicted octanol–water partition coefficient (Wildman–Crippen LogP) is 3.31. The number of thioether (sulfide) groups is 1. The van der Waals surface area contributed by atoms with E-state index in [9.17, 15) is 14.7 Å². The molecule has 0 bridgehead atoms. The lowest BCUT2D eigenvalue weighted by atomic mass is 10.2. The lowest BCUT2D eigenvalue weighted by Gasteiger charge is -2.13. The highest BCUT2D eigenvalue weighted by Gasteiger charge is 2.31. The molecule has 0 radical (unpaired) electrons. The molecule has 0 atom stereocenters. The average molecular weight is 416 g/mol. The zero-order valence-electron chi connectivity index (χ0n) is 12.2. The van der Waals surface area contributed by atoms with Crippen molar-refractivity contribution in [3.05, 3.63) is 33.1 Å². The van der Waals surface area contributed by atoms with Crippen LogP contribution >= 0.6 is 39.9 Å². The number of benzene rings is 1. The third-order valence-electron chi connectivity index (χ3n) is 3.13. The third-order valence-corrected chi connectivity index (χ3v) is 5.15. The highest BCUT2D eigenvalue weighted by molar-refractivity contribution is 9.10. The van der Waals surface area contributed by atoms with E-state index in [2.05, 4.69) is 20.7 Å². The van der Waals surface area contributed by atoms with Crippen molar-refractivity contribution in [2.24, 2.45) is 0 Å². The van der Waals surface area contributed by atoms with Crippen molar-refractivity contribution < 1.29 is 19.4 Å². The van der Waals surface area contributed by atoms with Gasteiger partial charge in [-0.1, -0.05) is 30.0 Å². The number of amides is 1. The largest absolute Gasteiger partial charge is 0.507 e. The Kier molecular flexibility index (Phi) is 6.20. The second kappa shape index (κ2) is 7.94. The van der Waals surface area contributed by atoms with Crippen molar-refractivity contribution in [1.29, 1.82) is 0 Å². The Morgan fingerprint density at radius 1 is 1.52 bits per heavy atom. The predicted molar refractivity (Wildman–Crippen MR) is 96.9 cm³/mol. The number of esters is 1. The summed E-state index contributed by atoms with van der Waals surface area (Å²) in [4.78, 5) is 25.5. The van der Waals surface area contributed by atoms with E-state index < -0.39 is 0 Å². The molecule has 1 aliphatic rings. The highest BCUT2D eigenvalue weighted by Crippen LogP contribution is 2.34. The normalized spacial score (nSPS) is 16.3. The second-order valence-corrected chi connectivity index (χ2v) is 7.25. The number of phenolic OH excluding ortho intramolecular Hbond substituents is 1. The van der Waals surface area contributed by atoms with Crippen molar-refractivity contribution in [2.45, 2.75) is 12.8 Å². The molecule has 1 aromatic carbocycles. The summed E-state index contributed by atoms with van der Waals surface area (Å²) >= 11 is 9.69. The molecular formula is C15H14BrNO4S2. The summed E-state index contributed by atoms with van der Waals surface area (Å²) in [6.07, 6.45) is 2.47. The Bertz CT molecular complexity index is 690. The molecule has 0 spiro atoms. The molecule has 0 aliphatic carbocycles. The summed E-state index contributed by atoms with van der Waals surface area (Å²) in [6.45, 7) is 0.385. The minimum atomic E-state index is -0.306. The smallest absolute Gasteiger partial charge is 0.305 e. The molecule has 2 rings (SSSR count). The Balaban J connectivity index is 2.06. The highest BCUT2D eigenvalue weighted by atomic mass is 79.9. The van der Waals surface area contributed by atoms with Crippen molar-refractivity contribution in [3.63, 3.8) is 0 Å². The molecule has 1 amide bonds. The zero-order chi connectivity index (χ0) is 17.0. The van der Waals surface area contributed by atoms with E-state index in [1.165, 1.54) is 23.8 Å². The van der Waals surface area contributed by atoms with Gasteiger partial charge in [0, 0.05) is 13.0 Å². The van der Waals surface area contributed by atoms with E-state index in [4.69, 9.17) is 12.2 Å². The van der Waals surface area contributed by atoms with Gasteiger partial charge in [-0.25, -0.2) is 0 Å². The molecule has 0 aromatic heterocycles. The lowest BCUT2D eigenvalue weighted by Crippen LogP contribution is -2.29. The first-order chi connectivity index (χ1) is 10.9. The number of aromatic hydroxyl groups is 1. The number of methoxy groups -OCH3 is 1. The molecule has 5 nitrogen and oxygen atoms in total. The maximum absolute atomic E-state index is 12.4. The van der Waals surface area contributed by atoms with Crippen LogP contribution < -0.4 is 0 Å². The van der Waals surface area contributed by atoms with Gasteiger partial charge in [0.25, 0.3) is 5.91 Å². The maximum Gasteiger partial charge on any atom is 0.305 e. The molecule has 23 heavy (non-hydrogen) atoms. The number of hydrogen-bond donors (Lipinski definition) is 1. The van der Waals surface area contributed by atoms with E-state index in [0.29, 0.717) is 26.7 Å². The van der Waals surface area contributed by atoms with Crippen LogP contribution in [-0.4, -0.2) is 39.9 Å². The molecule has 8 heteroatoms. The summed E-state index contributed by atoms with van der Waals surface area (Å²) in [5.74, 6) is -0.341. The first-order valence-corrected chi connectivity index (χ1v) is 8.75.